The van der Waals surface area contributed by atoms with E-state index in [1.54, 1.807) is 0 Å². The number of nitrogens with two attached hydrogens (primary N) is 1. The molecule has 2 rings (SSSR count). The number of aromatic nitrogens is 3. The van der Waals surface area contributed by atoms with Gasteiger partial charge in [0.1, 0.15) is 0 Å². The first-order valence-electron chi connectivity index (χ1n) is 7.52. The fourth-order valence-corrected chi connectivity index (χ4v) is 2.93. The number of hydrogen-bond acceptors (Lipinski definition) is 4. The Morgan fingerprint density at radius 1 is 1.42 bits per heavy atom. The summed E-state index contributed by atoms with van der Waals surface area (Å²) in [5.41, 5.74) is 6.43. The zero-order chi connectivity index (χ0) is 13.7. The van der Waals surface area contributed by atoms with Gasteiger partial charge in [-0.2, -0.15) is 0 Å². The molecule has 0 unspecified atom stereocenters. The highest BCUT2D eigenvalue weighted by molar-refractivity contribution is 4.90. The van der Waals surface area contributed by atoms with E-state index in [4.69, 9.17) is 5.73 Å². The van der Waals surface area contributed by atoms with Crippen LogP contribution in [0.15, 0.2) is 6.20 Å². The van der Waals surface area contributed by atoms with Crippen LogP contribution in [0.25, 0.3) is 0 Å². The summed E-state index contributed by atoms with van der Waals surface area (Å²) >= 11 is 0. The highest BCUT2D eigenvalue weighted by atomic mass is 15.4. The monoisotopic (exact) mass is 265 g/mol. The Kier molecular flexibility index (Phi) is 5.34. The topological polar surface area (TPSA) is 60.0 Å². The Balaban J connectivity index is 1.87. The summed E-state index contributed by atoms with van der Waals surface area (Å²) in [5, 5.41) is 8.17. The van der Waals surface area contributed by atoms with Gasteiger partial charge in [0.25, 0.3) is 0 Å². The van der Waals surface area contributed by atoms with Gasteiger partial charge in [0.15, 0.2) is 0 Å². The van der Waals surface area contributed by atoms with Crippen molar-refractivity contribution in [3.63, 3.8) is 0 Å². The Morgan fingerprint density at radius 3 is 2.74 bits per heavy atom. The summed E-state index contributed by atoms with van der Waals surface area (Å²) < 4.78 is 1.92. The molecule has 1 aliphatic rings. The summed E-state index contributed by atoms with van der Waals surface area (Å²) in [7, 11) is 0. The molecule has 1 aromatic heterocycles. The van der Waals surface area contributed by atoms with Gasteiger partial charge in [-0.05, 0) is 18.8 Å². The smallest absolute Gasteiger partial charge is 0.0962 e. The van der Waals surface area contributed by atoms with Gasteiger partial charge < -0.3 is 5.73 Å². The standard InChI is InChI=1S/C14H27N5/c1-12(2)10-18(14-5-3-4-6-14)7-8-19-11-13(9-15)16-17-19/h11-12,14H,3-10,15H2,1-2H3. The fraction of sp³-hybridized carbons (Fsp3) is 0.857. The molecule has 1 heterocycles. The van der Waals surface area contributed by atoms with Gasteiger partial charge in [0, 0.05) is 31.9 Å². The van der Waals surface area contributed by atoms with Gasteiger partial charge in [0.05, 0.1) is 12.2 Å². The van der Waals surface area contributed by atoms with Gasteiger partial charge in [-0.3, -0.25) is 9.58 Å². The molecule has 1 fully saturated rings. The predicted molar refractivity (Wildman–Crippen MR) is 76.6 cm³/mol. The van der Waals surface area contributed by atoms with Gasteiger partial charge in [-0.1, -0.05) is 31.9 Å². The van der Waals surface area contributed by atoms with Crippen molar-refractivity contribution in [2.24, 2.45) is 11.7 Å². The van der Waals surface area contributed by atoms with Gasteiger partial charge in [0.2, 0.25) is 0 Å². The lowest BCUT2D eigenvalue weighted by Gasteiger charge is -2.30. The van der Waals surface area contributed by atoms with Crippen molar-refractivity contribution in [2.75, 3.05) is 13.1 Å². The summed E-state index contributed by atoms with van der Waals surface area (Å²) in [6.07, 6.45) is 7.46. The second kappa shape index (κ2) is 7.01. The Morgan fingerprint density at radius 2 is 2.16 bits per heavy atom. The average molecular weight is 265 g/mol. The molecule has 19 heavy (non-hydrogen) atoms. The normalized spacial score (nSPS) is 16.9. The molecule has 0 amide bonds. The first kappa shape index (κ1) is 14.5. The molecule has 0 saturated heterocycles. The highest BCUT2D eigenvalue weighted by Crippen LogP contribution is 2.24. The summed E-state index contributed by atoms with van der Waals surface area (Å²) in [4.78, 5) is 2.64. The van der Waals surface area contributed by atoms with Crippen LogP contribution >= 0.6 is 0 Å². The number of rotatable bonds is 7. The second-order valence-corrected chi connectivity index (χ2v) is 6.00. The number of nitrogens with zero attached hydrogens (tertiary/aromatic N) is 4. The van der Waals surface area contributed by atoms with Crippen LogP contribution in [0, 0.1) is 5.92 Å². The van der Waals surface area contributed by atoms with Crippen molar-refractivity contribution in [1.29, 1.82) is 0 Å². The highest BCUT2D eigenvalue weighted by Gasteiger charge is 2.22. The zero-order valence-corrected chi connectivity index (χ0v) is 12.3. The second-order valence-electron chi connectivity index (χ2n) is 6.00. The largest absolute Gasteiger partial charge is 0.325 e. The lowest BCUT2D eigenvalue weighted by Crippen LogP contribution is -2.38. The Hall–Kier alpha value is -0.940. The van der Waals surface area contributed by atoms with E-state index in [0.717, 1.165) is 30.7 Å². The minimum Gasteiger partial charge on any atom is -0.325 e. The molecule has 1 saturated carbocycles. The van der Waals surface area contributed by atoms with E-state index in [-0.39, 0.29) is 0 Å². The molecule has 0 aliphatic heterocycles. The summed E-state index contributed by atoms with van der Waals surface area (Å²) in [5.74, 6) is 0.718. The van der Waals surface area contributed by atoms with E-state index >= 15 is 0 Å². The molecule has 1 aliphatic carbocycles. The van der Waals surface area contributed by atoms with E-state index < -0.39 is 0 Å². The molecule has 0 bridgehead atoms. The predicted octanol–water partition coefficient (Wildman–Crippen LogP) is 1.64. The van der Waals surface area contributed by atoms with Crippen molar-refractivity contribution in [1.82, 2.24) is 19.9 Å². The van der Waals surface area contributed by atoms with Gasteiger partial charge in [-0.25, -0.2) is 0 Å². The van der Waals surface area contributed by atoms with Crippen molar-refractivity contribution < 1.29 is 0 Å². The van der Waals surface area contributed by atoms with Crippen LogP contribution in [0.4, 0.5) is 0 Å². The van der Waals surface area contributed by atoms with Crippen molar-refractivity contribution in [2.45, 2.75) is 58.7 Å². The minimum absolute atomic E-state index is 0.471. The molecule has 0 spiro atoms. The molecule has 5 nitrogen and oxygen atoms in total. The molecule has 2 N–H and O–H groups in total. The van der Waals surface area contributed by atoms with Crippen LogP contribution in [-0.2, 0) is 13.1 Å². The van der Waals surface area contributed by atoms with Crippen molar-refractivity contribution >= 4 is 0 Å². The van der Waals surface area contributed by atoms with Crippen LogP contribution < -0.4 is 5.73 Å². The summed E-state index contributed by atoms with van der Waals surface area (Å²) in [6.45, 7) is 8.22. The van der Waals surface area contributed by atoms with E-state index in [9.17, 15) is 0 Å². The summed E-state index contributed by atoms with van der Waals surface area (Å²) in [6, 6.07) is 0.778. The van der Waals surface area contributed by atoms with Crippen molar-refractivity contribution in [3.05, 3.63) is 11.9 Å². The third-order valence-corrected chi connectivity index (χ3v) is 3.85. The lowest BCUT2D eigenvalue weighted by molar-refractivity contribution is 0.168. The van der Waals surface area contributed by atoms with Crippen LogP contribution in [0.5, 0.6) is 0 Å². The molecule has 5 heteroatoms. The maximum atomic E-state index is 5.56. The van der Waals surface area contributed by atoms with E-state index in [0.29, 0.717) is 6.54 Å². The first-order chi connectivity index (χ1) is 9.19. The zero-order valence-electron chi connectivity index (χ0n) is 12.3. The van der Waals surface area contributed by atoms with Crippen LogP contribution in [0.2, 0.25) is 0 Å². The Labute approximate surface area is 116 Å². The lowest BCUT2D eigenvalue weighted by atomic mass is 10.1. The van der Waals surface area contributed by atoms with Gasteiger partial charge in [-0.15, -0.1) is 5.10 Å². The fourth-order valence-electron chi connectivity index (χ4n) is 2.93. The van der Waals surface area contributed by atoms with E-state index in [2.05, 4.69) is 29.1 Å². The molecule has 1 aromatic rings. The van der Waals surface area contributed by atoms with Crippen LogP contribution in [0.3, 0.4) is 0 Å². The molecule has 0 aromatic carbocycles. The molecule has 0 radical (unpaired) electrons. The quantitative estimate of drug-likeness (QED) is 0.814. The third-order valence-electron chi connectivity index (χ3n) is 3.85. The van der Waals surface area contributed by atoms with E-state index in [1.165, 1.54) is 32.2 Å². The molecular weight excluding hydrogens is 238 g/mol. The van der Waals surface area contributed by atoms with Crippen LogP contribution in [0.1, 0.15) is 45.2 Å². The molecular formula is C14H27N5. The third kappa shape index (κ3) is 4.28. The minimum atomic E-state index is 0.471. The SMILES string of the molecule is CC(C)CN(CCn1cc(CN)nn1)C1CCCC1. The van der Waals surface area contributed by atoms with Crippen LogP contribution in [-0.4, -0.2) is 39.0 Å². The maximum Gasteiger partial charge on any atom is 0.0962 e. The van der Waals surface area contributed by atoms with Crippen molar-refractivity contribution in [3.8, 4) is 0 Å². The average Bonchev–Trinajstić information content (AvgIpc) is 3.05. The number of hydrogen-bond donors (Lipinski definition) is 1. The van der Waals surface area contributed by atoms with E-state index in [1.807, 2.05) is 10.9 Å². The molecule has 108 valence electrons. The maximum absolute atomic E-state index is 5.56. The molecule has 0 atom stereocenters. The first-order valence-corrected chi connectivity index (χ1v) is 7.52. The Bertz CT molecular complexity index is 368. The van der Waals surface area contributed by atoms with Gasteiger partial charge >= 0.3 is 0 Å².